The van der Waals surface area contributed by atoms with Gasteiger partial charge >= 0.3 is 247 Å². The van der Waals surface area contributed by atoms with Crippen molar-refractivity contribution in [3.8, 4) is 11.1 Å². The average molecular weight is 667 g/mol. The first kappa shape index (κ1) is 31.7. The summed E-state index contributed by atoms with van der Waals surface area (Å²) in [5.74, 6) is 3.04. The molecular weight excluding hydrogens is 619 g/mol. The number of benzene rings is 2. The maximum Gasteiger partial charge on any atom is -1.00 e. The van der Waals surface area contributed by atoms with Crippen LogP contribution >= 0.6 is 0 Å². The predicted octanol–water partition coefficient (Wildman–Crippen LogP) is 4.23. The number of rotatable bonds is 3. The molecule has 0 spiro atoms. The van der Waals surface area contributed by atoms with Crippen LogP contribution in [0.1, 0.15) is 119 Å². The van der Waals surface area contributed by atoms with Crippen LogP contribution in [-0.4, -0.2) is 3.21 Å². The minimum atomic E-state index is -2.28. The molecule has 4 bridgehead atoms. The van der Waals surface area contributed by atoms with Crippen molar-refractivity contribution in [3.63, 3.8) is 0 Å². The first-order chi connectivity index (χ1) is 18.4. The SMILES string of the molecule is C/[C](=[Zr+2](/[C]1=CC=CC1)[CH]1c2ccc(C(C)(C)C)cc2-c2cc(C(C)(C)C)ccc21)C12CC3CC(CC(C3)C1)C2.[Cl-].[Cl-]. The van der Waals surface area contributed by atoms with Crippen molar-refractivity contribution >= 4 is 3.21 Å². The third-order valence-electron chi connectivity index (χ3n) is 11.4. The van der Waals surface area contributed by atoms with Crippen LogP contribution in [0.4, 0.5) is 0 Å². The van der Waals surface area contributed by atoms with Gasteiger partial charge in [-0.25, -0.2) is 0 Å². The van der Waals surface area contributed by atoms with Crippen LogP contribution in [0.15, 0.2) is 57.9 Å². The third kappa shape index (κ3) is 5.31. The number of fused-ring (bicyclic) bond motifs is 3. The van der Waals surface area contributed by atoms with E-state index in [1.165, 1.54) is 56.1 Å². The van der Waals surface area contributed by atoms with Gasteiger partial charge in [-0.1, -0.05) is 0 Å². The largest absolute Gasteiger partial charge is 1.00 e. The Kier molecular flexibility index (Phi) is 8.50. The molecule has 0 nitrogen and oxygen atoms in total. The number of hydrogen-bond acceptors (Lipinski definition) is 0. The zero-order valence-electron chi connectivity index (χ0n) is 26.2. The summed E-state index contributed by atoms with van der Waals surface area (Å²) in [6.45, 7) is 16.9. The molecule has 0 amide bonds. The summed E-state index contributed by atoms with van der Waals surface area (Å²) in [4.78, 5) is 0. The fourth-order valence-corrected chi connectivity index (χ4v) is 19.2. The van der Waals surface area contributed by atoms with E-state index < -0.39 is 21.3 Å². The molecule has 0 aliphatic heterocycles. The first-order valence-electron chi connectivity index (χ1n) is 15.8. The maximum absolute atomic E-state index is 2.70. The zero-order valence-corrected chi connectivity index (χ0v) is 30.2. The minimum Gasteiger partial charge on any atom is -1.00 e. The molecule has 2 aromatic rings. The van der Waals surface area contributed by atoms with E-state index >= 15 is 0 Å². The molecule has 0 radical (unpaired) electrons. The van der Waals surface area contributed by atoms with Gasteiger partial charge in [-0.3, -0.25) is 0 Å². The number of allylic oxidation sites excluding steroid dienone is 4. The van der Waals surface area contributed by atoms with E-state index in [4.69, 9.17) is 0 Å². The standard InChI is InChI=1S/C21H25.C12H18.C5H5.2ClH.Zr/c1-20(2,3)16-9-7-14-11-15-8-10-17(21(4,5)6)13-19(15)18(14)12-16;1-2-12-6-9-3-10(7-12)5-11(4-9)8-12;1-2-4-5-3-1;;;/h7-13H,1-6H3;9-11H,3-8H2,1H3;1-3H,4H2;2*1H;/q;;;;;+2/p-2. The monoisotopic (exact) mass is 664 g/mol. The van der Waals surface area contributed by atoms with Gasteiger partial charge in [0.05, 0.1) is 0 Å². The van der Waals surface area contributed by atoms with Crippen molar-refractivity contribution < 1.29 is 46.1 Å². The molecular formula is C38H48Cl2Zr. The third-order valence-corrected chi connectivity index (χ3v) is 20.2. The Labute approximate surface area is 269 Å². The van der Waals surface area contributed by atoms with Gasteiger partial charge in [0.15, 0.2) is 0 Å². The van der Waals surface area contributed by atoms with Crippen molar-refractivity contribution in [2.75, 3.05) is 0 Å². The fourth-order valence-electron chi connectivity index (χ4n) is 9.64. The van der Waals surface area contributed by atoms with E-state index in [0.29, 0.717) is 9.04 Å². The van der Waals surface area contributed by atoms with Crippen LogP contribution in [0.2, 0.25) is 0 Å². The summed E-state index contributed by atoms with van der Waals surface area (Å²) in [7, 11) is 0. The molecule has 2 aromatic carbocycles. The van der Waals surface area contributed by atoms with E-state index in [2.05, 4.69) is 103 Å². The Bertz CT molecular complexity index is 1340. The van der Waals surface area contributed by atoms with Crippen molar-refractivity contribution in [3.05, 3.63) is 80.2 Å². The van der Waals surface area contributed by atoms with E-state index in [0.717, 1.165) is 17.8 Å². The van der Waals surface area contributed by atoms with Crippen LogP contribution in [0.3, 0.4) is 0 Å². The van der Waals surface area contributed by atoms with Gasteiger partial charge < -0.3 is 24.8 Å². The van der Waals surface area contributed by atoms with Gasteiger partial charge in [-0.2, -0.15) is 0 Å². The fraction of sp³-hybridized carbons (Fsp3) is 0.553. The Balaban J connectivity index is 0.00000169. The molecule has 4 saturated carbocycles. The van der Waals surface area contributed by atoms with Gasteiger partial charge in [-0.05, 0) is 0 Å². The van der Waals surface area contributed by atoms with E-state index in [1.807, 2.05) is 6.49 Å². The topological polar surface area (TPSA) is 0 Å². The minimum absolute atomic E-state index is 0. The molecule has 41 heavy (non-hydrogen) atoms. The predicted molar refractivity (Wildman–Crippen MR) is 164 cm³/mol. The first-order valence-corrected chi connectivity index (χ1v) is 19.7. The van der Waals surface area contributed by atoms with Crippen molar-refractivity contribution in [1.29, 1.82) is 0 Å². The zero-order chi connectivity index (χ0) is 27.3. The van der Waals surface area contributed by atoms with Crippen molar-refractivity contribution in [2.24, 2.45) is 23.2 Å². The molecule has 0 unspecified atom stereocenters. The van der Waals surface area contributed by atoms with Crippen LogP contribution in [0.25, 0.3) is 11.1 Å². The molecule has 4 fully saturated rings. The molecule has 8 rings (SSSR count). The van der Waals surface area contributed by atoms with E-state index in [-0.39, 0.29) is 35.6 Å². The molecule has 0 saturated heterocycles. The molecule has 0 atom stereocenters. The van der Waals surface area contributed by atoms with Crippen molar-refractivity contribution in [2.45, 2.75) is 108 Å². The van der Waals surface area contributed by atoms with E-state index in [9.17, 15) is 0 Å². The molecule has 218 valence electrons. The molecule has 0 heterocycles. The Morgan fingerprint density at radius 1 is 0.732 bits per heavy atom. The average Bonchev–Trinajstić information content (AvgIpc) is 3.49. The smallest absolute Gasteiger partial charge is 1.00 e. The summed E-state index contributed by atoms with van der Waals surface area (Å²) in [5, 5.41) is 0. The molecule has 3 heteroatoms. The van der Waals surface area contributed by atoms with Crippen LogP contribution in [-0.2, 0) is 32.1 Å². The molecule has 6 aliphatic rings. The van der Waals surface area contributed by atoms with Crippen LogP contribution in [0, 0.1) is 23.2 Å². The van der Waals surface area contributed by atoms with Gasteiger partial charge in [0.2, 0.25) is 0 Å². The van der Waals surface area contributed by atoms with Gasteiger partial charge in [0, 0.05) is 0 Å². The second kappa shape index (κ2) is 11.0. The molecule has 0 aromatic heterocycles. The quantitative estimate of drug-likeness (QED) is 0.461. The van der Waals surface area contributed by atoms with Crippen LogP contribution < -0.4 is 24.8 Å². The van der Waals surface area contributed by atoms with Gasteiger partial charge in [0.1, 0.15) is 0 Å². The maximum atomic E-state index is 2.70. The Morgan fingerprint density at radius 3 is 1.59 bits per heavy atom. The molecule has 0 N–H and O–H groups in total. The van der Waals surface area contributed by atoms with Crippen molar-refractivity contribution in [1.82, 2.24) is 0 Å². The summed E-state index contributed by atoms with van der Waals surface area (Å²) in [6.07, 6.45) is 17.7. The summed E-state index contributed by atoms with van der Waals surface area (Å²) in [6, 6.07) is 15.3. The molecule has 6 aliphatic carbocycles. The second-order valence-electron chi connectivity index (χ2n) is 16.1. The van der Waals surface area contributed by atoms with Gasteiger partial charge in [-0.15, -0.1) is 0 Å². The Hall–Kier alpha value is -0.747. The van der Waals surface area contributed by atoms with E-state index in [1.54, 1.807) is 22.3 Å². The second-order valence-corrected chi connectivity index (χ2v) is 23.0. The summed E-state index contributed by atoms with van der Waals surface area (Å²) in [5.41, 5.74) is 10.3. The normalized spacial score (nSPS) is 28.0. The summed E-state index contributed by atoms with van der Waals surface area (Å²) >= 11 is -2.28. The Morgan fingerprint density at radius 2 is 1.20 bits per heavy atom. The summed E-state index contributed by atoms with van der Waals surface area (Å²) < 4.78 is 4.51. The van der Waals surface area contributed by atoms with Gasteiger partial charge in [0.25, 0.3) is 0 Å². The number of halogens is 2. The van der Waals surface area contributed by atoms with Crippen LogP contribution in [0.5, 0.6) is 0 Å². The number of hydrogen-bond donors (Lipinski definition) is 0.